The number of nitrogens with two attached hydrogens (primary N) is 1. The van der Waals surface area contributed by atoms with Gasteiger partial charge < -0.3 is 5.73 Å². The quantitative estimate of drug-likeness (QED) is 0.833. The number of rotatable bonds is 3. The van der Waals surface area contributed by atoms with E-state index in [-0.39, 0.29) is 6.54 Å². The minimum absolute atomic E-state index is 0.322. The third-order valence-corrected chi connectivity index (χ3v) is 2.48. The molecule has 0 atom stereocenters. The summed E-state index contributed by atoms with van der Waals surface area (Å²) in [5, 5.41) is -0.607. The van der Waals surface area contributed by atoms with Crippen LogP contribution in [0.5, 0.6) is 0 Å². The third kappa shape index (κ3) is 3.29. The molecule has 1 aromatic rings. The van der Waals surface area contributed by atoms with Gasteiger partial charge in [0.1, 0.15) is 0 Å². The Morgan fingerprint density at radius 2 is 1.71 bits per heavy atom. The SMILES string of the molecule is NCCC(F)(F)c1ccc(Cl)c(C(F)(F)F)c1. The second kappa shape index (κ2) is 4.78. The van der Waals surface area contributed by atoms with Crippen molar-refractivity contribution in [2.75, 3.05) is 6.54 Å². The Bertz CT molecular complexity index is 402. The molecule has 0 fully saturated rings. The van der Waals surface area contributed by atoms with Crippen LogP contribution in [0, 0.1) is 0 Å². The van der Waals surface area contributed by atoms with Gasteiger partial charge in [0.25, 0.3) is 5.92 Å². The first-order chi connectivity index (χ1) is 7.68. The summed E-state index contributed by atoms with van der Waals surface area (Å²) in [6, 6.07) is 2.04. The lowest BCUT2D eigenvalue weighted by Gasteiger charge is -2.18. The molecule has 1 rings (SSSR count). The summed E-state index contributed by atoms with van der Waals surface area (Å²) in [5.74, 6) is -3.39. The molecule has 0 saturated heterocycles. The van der Waals surface area contributed by atoms with E-state index in [1.165, 1.54) is 0 Å². The highest BCUT2D eigenvalue weighted by Gasteiger charge is 2.37. The standard InChI is InChI=1S/C10H9ClF5N/c11-8-2-1-6(9(12,13)3-4-17)5-7(8)10(14,15)16/h1-2,5H,3-4,17H2. The first kappa shape index (κ1) is 14.2. The van der Waals surface area contributed by atoms with E-state index in [1.807, 2.05) is 0 Å². The topological polar surface area (TPSA) is 26.0 Å². The maximum atomic E-state index is 13.4. The number of alkyl halides is 5. The summed E-state index contributed by atoms with van der Waals surface area (Å²) in [4.78, 5) is 0. The number of halogens is 6. The van der Waals surface area contributed by atoms with Crippen LogP contribution in [-0.2, 0) is 12.1 Å². The molecule has 17 heavy (non-hydrogen) atoms. The van der Waals surface area contributed by atoms with Crippen LogP contribution in [0.1, 0.15) is 17.5 Å². The zero-order valence-corrected chi connectivity index (χ0v) is 9.25. The third-order valence-electron chi connectivity index (χ3n) is 2.15. The fraction of sp³-hybridized carbons (Fsp3) is 0.400. The minimum atomic E-state index is -4.76. The molecule has 0 spiro atoms. The number of hydrogen-bond donors (Lipinski definition) is 1. The molecule has 0 bridgehead atoms. The summed E-state index contributed by atoms with van der Waals surface area (Å²) >= 11 is 5.32. The molecule has 0 aromatic heterocycles. The second-order valence-electron chi connectivity index (χ2n) is 3.44. The average molecular weight is 274 g/mol. The Labute approximate surface area is 99.4 Å². The second-order valence-corrected chi connectivity index (χ2v) is 3.84. The molecule has 0 heterocycles. The Morgan fingerprint density at radius 3 is 2.18 bits per heavy atom. The molecule has 7 heteroatoms. The fourth-order valence-corrected chi connectivity index (χ4v) is 1.52. The van der Waals surface area contributed by atoms with Crippen LogP contribution in [0.4, 0.5) is 22.0 Å². The van der Waals surface area contributed by atoms with E-state index in [0.29, 0.717) is 6.07 Å². The van der Waals surface area contributed by atoms with Gasteiger partial charge in [0.05, 0.1) is 10.6 Å². The van der Waals surface area contributed by atoms with Gasteiger partial charge in [-0.25, -0.2) is 8.78 Å². The lowest BCUT2D eigenvalue weighted by atomic mass is 10.0. The lowest BCUT2D eigenvalue weighted by Crippen LogP contribution is -2.19. The van der Waals surface area contributed by atoms with Gasteiger partial charge in [0.15, 0.2) is 0 Å². The summed E-state index contributed by atoms with van der Waals surface area (Å²) in [5.41, 5.74) is 2.97. The van der Waals surface area contributed by atoms with Crippen LogP contribution in [0.15, 0.2) is 18.2 Å². The molecule has 1 nitrogen and oxygen atoms in total. The number of benzene rings is 1. The van der Waals surface area contributed by atoms with Gasteiger partial charge in [-0.05, 0) is 18.7 Å². The first-order valence-corrected chi connectivity index (χ1v) is 5.01. The van der Waals surface area contributed by atoms with Gasteiger partial charge in [0.2, 0.25) is 0 Å². The predicted octanol–water partition coefficient (Wildman–Crippen LogP) is 3.80. The van der Waals surface area contributed by atoms with Crippen molar-refractivity contribution in [3.63, 3.8) is 0 Å². The largest absolute Gasteiger partial charge is 0.417 e. The van der Waals surface area contributed by atoms with E-state index in [0.717, 1.165) is 12.1 Å². The fourth-order valence-electron chi connectivity index (χ4n) is 1.30. The monoisotopic (exact) mass is 273 g/mol. The Balaban J connectivity index is 3.22. The average Bonchev–Trinajstić information content (AvgIpc) is 2.15. The van der Waals surface area contributed by atoms with Crippen molar-refractivity contribution in [3.05, 3.63) is 34.3 Å². The van der Waals surface area contributed by atoms with Crippen molar-refractivity contribution >= 4 is 11.6 Å². The van der Waals surface area contributed by atoms with Gasteiger partial charge in [-0.2, -0.15) is 13.2 Å². The van der Waals surface area contributed by atoms with Crippen LogP contribution in [0.2, 0.25) is 5.02 Å². The van der Waals surface area contributed by atoms with Crippen molar-refractivity contribution in [1.82, 2.24) is 0 Å². The van der Waals surface area contributed by atoms with E-state index >= 15 is 0 Å². The van der Waals surface area contributed by atoms with Gasteiger partial charge in [-0.15, -0.1) is 0 Å². The van der Waals surface area contributed by atoms with Gasteiger partial charge in [0, 0.05) is 12.0 Å². The zero-order valence-electron chi connectivity index (χ0n) is 8.49. The summed E-state index contributed by atoms with van der Waals surface area (Å²) in [7, 11) is 0. The summed E-state index contributed by atoms with van der Waals surface area (Å²) in [6.07, 6.45) is -5.47. The maximum Gasteiger partial charge on any atom is 0.417 e. The molecule has 2 N–H and O–H groups in total. The summed E-state index contributed by atoms with van der Waals surface area (Å²) in [6.45, 7) is -0.322. The predicted molar refractivity (Wildman–Crippen MR) is 54.0 cm³/mol. The molecule has 0 amide bonds. The Morgan fingerprint density at radius 1 is 1.12 bits per heavy atom. The molecule has 0 unspecified atom stereocenters. The molecule has 0 aliphatic rings. The zero-order chi connectivity index (χ0) is 13.3. The minimum Gasteiger partial charge on any atom is -0.330 e. The highest BCUT2D eigenvalue weighted by Crippen LogP contribution is 2.39. The first-order valence-electron chi connectivity index (χ1n) is 4.63. The molecule has 96 valence electrons. The molecule has 1 aromatic carbocycles. The summed E-state index contributed by atoms with van der Waals surface area (Å²) < 4.78 is 64.1. The normalized spacial score (nSPS) is 12.9. The smallest absolute Gasteiger partial charge is 0.330 e. The van der Waals surface area contributed by atoms with E-state index in [9.17, 15) is 22.0 Å². The van der Waals surface area contributed by atoms with E-state index in [2.05, 4.69) is 0 Å². The Kier molecular flexibility index (Phi) is 3.99. The van der Waals surface area contributed by atoms with Crippen molar-refractivity contribution in [3.8, 4) is 0 Å². The van der Waals surface area contributed by atoms with Crippen molar-refractivity contribution in [2.45, 2.75) is 18.5 Å². The Hall–Kier alpha value is -0.880. The van der Waals surface area contributed by atoms with E-state index in [4.69, 9.17) is 17.3 Å². The number of hydrogen-bond acceptors (Lipinski definition) is 1. The molecule has 0 saturated carbocycles. The van der Waals surface area contributed by atoms with Gasteiger partial charge in [-0.3, -0.25) is 0 Å². The molecular weight excluding hydrogens is 265 g/mol. The van der Waals surface area contributed by atoms with Crippen molar-refractivity contribution < 1.29 is 22.0 Å². The molecule has 0 radical (unpaired) electrons. The highest BCUT2D eigenvalue weighted by atomic mass is 35.5. The van der Waals surface area contributed by atoms with Crippen molar-refractivity contribution in [2.24, 2.45) is 5.73 Å². The van der Waals surface area contributed by atoms with Crippen LogP contribution in [-0.4, -0.2) is 6.54 Å². The van der Waals surface area contributed by atoms with E-state index in [1.54, 1.807) is 0 Å². The van der Waals surface area contributed by atoms with Crippen molar-refractivity contribution in [1.29, 1.82) is 0 Å². The van der Waals surface area contributed by atoms with Crippen LogP contribution >= 0.6 is 11.6 Å². The lowest BCUT2D eigenvalue weighted by molar-refractivity contribution is -0.137. The van der Waals surface area contributed by atoms with Gasteiger partial charge >= 0.3 is 6.18 Å². The van der Waals surface area contributed by atoms with E-state index < -0.39 is 34.7 Å². The molecule has 0 aliphatic heterocycles. The molecule has 0 aliphatic carbocycles. The highest BCUT2D eigenvalue weighted by molar-refractivity contribution is 6.31. The molecular formula is C10H9ClF5N. The maximum absolute atomic E-state index is 13.4. The van der Waals surface area contributed by atoms with Crippen LogP contribution in [0.25, 0.3) is 0 Å². The van der Waals surface area contributed by atoms with Crippen LogP contribution in [0.3, 0.4) is 0 Å². The van der Waals surface area contributed by atoms with Crippen LogP contribution < -0.4 is 5.73 Å². The van der Waals surface area contributed by atoms with Gasteiger partial charge in [-0.1, -0.05) is 17.7 Å².